The van der Waals surface area contributed by atoms with E-state index in [1.54, 1.807) is 7.11 Å². The number of rotatable bonds is 5. The minimum absolute atomic E-state index is 0. The molecule has 3 rings (SSSR count). The summed E-state index contributed by atoms with van der Waals surface area (Å²) < 4.78 is 10.5. The van der Waals surface area contributed by atoms with Crippen molar-refractivity contribution in [3.05, 3.63) is 11.7 Å². The number of carbonyl (C=O) groups excluding carboxylic acids is 1. The monoisotopic (exact) mass is 428 g/mol. The molecule has 1 atom stereocenters. The molecule has 166 valence electrons. The van der Waals surface area contributed by atoms with Crippen molar-refractivity contribution in [2.45, 2.75) is 77.3 Å². The number of carbonyl (C=O) groups is 1. The predicted molar refractivity (Wildman–Crippen MR) is 114 cm³/mol. The summed E-state index contributed by atoms with van der Waals surface area (Å²) in [5.41, 5.74) is -0.115. The third kappa shape index (κ3) is 6.40. The Morgan fingerprint density at radius 2 is 1.86 bits per heavy atom. The van der Waals surface area contributed by atoms with Gasteiger partial charge in [0.2, 0.25) is 11.8 Å². The number of aromatic nitrogens is 2. The van der Waals surface area contributed by atoms with Gasteiger partial charge in [0.1, 0.15) is 6.61 Å². The lowest BCUT2D eigenvalue weighted by atomic mass is 9.86. The molecule has 1 aromatic heterocycles. The van der Waals surface area contributed by atoms with Gasteiger partial charge in [0.25, 0.3) is 0 Å². The van der Waals surface area contributed by atoms with Crippen molar-refractivity contribution in [1.82, 2.24) is 19.9 Å². The van der Waals surface area contributed by atoms with Crippen LogP contribution in [0, 0.1) is 5.92 Å². The molecule has 0 saturated carbocycles. The molecule has 0 N–H and O–H groups in total. The summed E-state index contributed by atoms with van der Waals surface area (Å²) in [5.74, 6) is 2.20. The topological polar surface area (TPSA) is 71.7 Å². The summed E-state index contributed by atoms with van der Waals surface area (Å²) in [6.45, 7) is 10.1. The van der Waals surface area contributed by atoms with Gasteiger partial charge in [0.05, 0.1) is 6.54 Å². The summed E-state index contributed by atoms with van der Waals surface area (Å²) in [5, 5.41) is 4.16. The van der Waals surface area contributed by atoms with Gasteiger partial charge in [-0.1, -0.05) is 38.8 Å². The van der Waals surface area contributed by atoms with E-state index >= 15 is 0 Å². The SMILES string of the molecule is COCC(=O)N1CCCCCC1C1CCN(Cc2noc(C(C)(C)C)n2)CC1.Cl. The van der Waals surface area contributed by atoms with Gasteiger partial charge in [-0.05, 0) is 44.7 Å². The van der Waals surface area contributed by atoms with E-state index in [-0.39, 0.29) is 30.3 Å². The molecule has 1 amide bonds. The van der Waals surface area contributed by atoms with E-state index < -0.39 is 0 Å². The highest BCUT2D eigenvalue weighted by atomic mass is 35.5. The third-order valence-electron chi connectivity index (χ3n) is 6.04. The largest absolute Gasteiger partial charge is 0.375 e. The quantitative estimate of drug-likeness (QED) is 0.715. The highest BCUT2D eigenvalue weighted by Gasteiger charge is 2.34. The average Bonchev–Trinajstić information content (AvgIpc) is 2.99. The average molecular weight is 429 g/mol. The number of hydrogen-bond acceptors (Lipinski definition) is 6. The Bertz CT molecular complexity index is 638. The van der Waals surface area contributed by atoms with E-state index in [2.05, 4.69) is 40.7 Å². The lowest BCUT2D eigenvalue weighted by Gasteiger charge is -2.40. The molecule has 2 saturated heterocycles. The molecule has 0 aliphatic carbocycles. The second kappa shape index (κ2) is 10.7. The fraction of sp³-hybridized carbons (Fsp3) is 0.857. The molecule has 2 aliphatic rings. The maximum Gasteiger partial charge on any atom is 0.248 e. The van der Waals surface area contributed by atoms with E-state index in [1.807, 2.05) is 0 Å². The van der Waals surface area contributed by atoms with Crippen LogP contribution in [0.15, 0.2) is 4.52 Å². The number of piperidine rings is 1. The molecule has 1 unspecified atom stereocenters. The van der Waals surface area contributed by atoms with Crippen LogP contribution in [0.2, 0.25) is 0 Å². The molecule has 29 heavy (non-hydrogen) atoms. The number of ether oxygens (including phenoxy) is 1. The van der Waals surface area contributed by atoms with Crippen molar-refractivity contribution in [3.8, 4) is 0 Å². The lowest BCUT2D eigenvalue weighted by Crippen LogP contribution is -2.48. The molecular formula is C21H37ClN4O3. The fourth-order valence-electron chi connectivity index (χ4n) is 4.46. The van der Waals surface area contributed by atoms with E-state index in [0.717, 1.165) is 57.7 Å². The normalized spacial score (nSPS) is 22.2. The lowest BCUT2D eigenvalue weighted by molar-refractivity contribution is -0.139. The van der Waals surface area contributed by atoms with E-state index in [4.69, 9.17) is 9.26 Å². The maximum absolute atomic E-state index is 12.6. The maximum atomic E-state index is 12.6. The van der Waals surface area contributed by atoms with Crippen LogP contribution < -0.4 is 0 Å². The summed E-state index contributed by atoms with van der Waals surface area (Å²) in [6.07, 6.45) is 6.91. The molecular weight excluding hydrogens is 392 g/mol. The number of nitrogens with zero attached hydrogens (tertiary/aromatic N) is 4. The van der Waals surface area contributed by atoms with Gasteiger partial charge < -0.3 is 14.2 Å². The third-order valence-corrected chi connectivity index (χ3v) is 6.04. The minimum atomic E-state index is -0.115. The Morgan fingerprint density at radius 3 is 2.48 bits per heavy atom. The van der Waals surface area contributed by atoms with Crippen molar-refractivity contribution < 1.29 is 14.1 Å². The summed E-state index contributed by atoms with van der Waals surface area (Å²) >= 11 is 0. The second-order valence-corrected chi connectivity index (χ2v) is 9.32. The number of hydrogen-bond donors (Lipinski definition) is 0. The van der Waals surface area contributed by atoms with Crippen molar-refractivity contribution in [2.24, 2.45) is 5.92 Å². The molecule has 2 aliphatic heterocycles. The van der Waals surface area contributed by atoms with Crippen LogP contribution in [0.25, 0.3) is 0 Å². The number of halogens is 1. The van der Waals surface area contributed by atoms with Gasteiger partial charge in [-0.3, -0.25) is 9.69 Å². The van der Waals surface area contributed by atoms with Crippen LogP contribution in [0.3, 0.4) is 0 Å². The molecule has 2 fully saturated rings. The summed E-state index contributed by atoms with van der Waals surface area (Å²) in [7, 11) is 1.60. The van der Waals surface area contributed by atoms with Gasteiger partial charge >= 0.3 is 0 Å². The Hall–Kier alpha value is -1.18. The van der Waals surface area contributed by atoms with E-state index in [1.165, 1.54) is 12.8 Å². The van der Waals surface area contributed by atoms with Gasteiger partial charge in [-0.25, -0.2) is 0 Å². The first-order chi connectivity index (χ1) is 13.4. The highest BCUT2D eigenvalue weighted by Crippen LogP contribution is 2.30. The van der Waals surface area contributed by atoms with E-state index in [0.29, 0.717) is 17.9 Å². The number of amides is 1. The van der Waals surface area contributed by atoms with Crippen LogP contribution in [0.5, 0.6) is 0 Å². The molecule has 0 spiro atoms. The molecule has 7 nitrogen and oxygen atoms in total. The van der Waals surface area contributed by atoms with Crippen LogP contribution in [-0.4, -0.2) is 65.2 Å². The van der Waals surface area contributed by atoms with Crippen LogP contribution in [0.4, 0.5) is 0 Å². The minimum Gasteiger partial charge on any atom is -0.375 e. The van der Waals surface area contributed by atoms with Crippen molar-refractivity contribution in [3.63, 3.8) is 0 Å². The van der Waals surface area contributed by atoms with Gasteiger partial charge in [-0.2, -0.15) is 4.98 Å². The van der Waals surface area contributed by atoms with Crippen LogP contribution >= 0.6 is 12.4 Å². The van der Waals surface area contributed by atoms with E-state index in [9.17, 15) is 4.79 Å². The van der Waals surface area contributed by atoms with Crippen LogP contribution in [0.1, 0.15) is 71.0 Å². The van der Waals surface area contributed by atoms with Crippen molar-refractivity contribution >= 4 is 18.3 Å². The van der Waals surface area contributed by atoms with Crippen LogP contribution in [-0.2, 0) is 21.5 Å². The zero-order valence-corrected chi connectivity index (χ0v) is 19.2. The molecule has 1 aromatic rings. The summed E-state index contributed by atoms with van der Waals surface area (Å²) in [4.78, 5) is 21.6. The Balaban J connectivity index is 0.00000300. The predicted octanol–water partition coefficient (Wildman–Crippen LogP) is 3.42. The fourth-order valence-corrected chi connectivity index (χ4v) is 4.46. The van der Waals surface area contributed by atoms with Gasteiger partial charge in [0, 0.05) is 25.1 Å². The zero-order valence-electron chi connectivity index (χ0n) is 18.4. The van der Waals surface area contributed by atoms with Gasteiger partial charge in [0.15, 0.2) is 5.82 Å². The van der Waals surface area contributed by atoms with Crippen molar-refractivity contribution in [2.75, 3.05) is 33.4 Å². The Kier molecular flexibility index (Phi) is 8.91. The zero-order chi connectivity index (χ0) is 20.1. The summed E-state index contributed by atoms with van der Waals surface area (Å²) in [6, 6.07) is 0.366. The first kappa shape index (κ1) is 24.1. The van der Waals surface area contributed by atoms with Gasteiger partial charge in [-0.15, -0.1) is 12.4 Å². The second-order valence-electron chi connectivity index (χ2n) is 9.32. The molecule has 0 radical (unpaired) electrons. The highest BCUT2D eigenvalue weighted by molar-refractivity contribution is 5.85. The standard InChI is InChI=1S/C21H36N4O3.ClH/c1-21(2,3)20-22-18(23-28-20)14-24-12-9-16(10-13-24)17-8-6-5-7-11-25(17)19(26)15-27-4;/h16-17H,5-15H2,1-4H3;1H. The molecule has 0 aromatic carbocycles. The van der Waals surface area contributed by atoms with Crippen molar-refractivity contribution in [1.29, 1.82) is 0 Å². The Labute approximate surface area is 180 Å². The molecule has 0 bridgehead atoms. The number of likely N-dealkylation sites (tertiary alicyclic amines) is 2. The molecule has 3 heterocycles. The smallest absolute Gasteiger partial charge is 0.248 e. The first-order valence-corrected chi connectivity index (χ1v) is 10.7. The first-order valence-electron chi connectivity index (χ1n) is 10.7. The Morgan fingerprint density at radius 1 is 1.14 bits per heavy atom. The molecule has 8 heteroatoms. The number of methoxy groups -OCH3 is 1.